The number of carbonyl (C=O) groups excluding carboxylic acids is 1. The summed E-state index contributed by atoms with van der Waals surface area (Å²) in [4.78, 5) is 12.2. The standard InChI is InChI=1S/C20H18FN5O3/c1-13-16(8-9-28-13)20-25-24-19(29-20)7-6-18(27)23-15-10-22-26(12-15)11-14-4-2-3-5-17(14)21/h2-5,8-10,12H,6-7,11H2,1H3,(H,23,27). The van der Waals surface area contributed by atoms with Crippen LogP contribution in [0.4, 0.5) is 10.1 Å². The van der Waals surface area contributed by atoms with Crippen LogP contribution in [0, 0.1) is 12.7 Å². The van der Waals surface area contributed by atoms with Crippen LogP contribution in [-0.4, -0.2) is 25.9 Å². The predicted octanol–water partition coefficient (Wildman–Crippen LogP) is 3.59. The van der Waals surface area contributed by atoms with E-state index in [1.807, 2.05) is 0 Å². The van der Waals surface area contributed by atoms with Crippen molar-refractivity contribution in [2.45, 2.75) is 26.3 Å². The Bertz CT molecular complexity index is 1130. The van der Waals surface area contributed by atoms with Gasteiger partial charge in [0.1, 0.15) is 11.6 Å². The second-order valence-electron chi connectivity index (χ2n) is 6.46. The Labute approximate surface area is 165 Å². The van der Waals surface area contributed by atoms with E-state index in [0.29, 0.717) is 35.2 Å². The molecular formula is C20H18FN5O3. The maximum atomic E-state index is 13.7. The number of hydrogen-bond acceptors (Lipinski definition) is 6. The van der Waals surface area contributed by atoms with E-state index in [1.165, 1.54) is 12.3 Å². The van der Waals surface area contributed by atoms with Gasteiger partial charge in [0.25, 0.3) is 5.89 Å². The molecule has 0 saturated carbocycles. The van der Waals surface area contributed by atoms with E-state index in [9.17, 15) is 9.18 Å². The van der Waals surface area contributed by atoms with E-state index in [1.54, 1.807) is 48.3 Å². The smallest absolute Gasteiger partial charge is 0.251 e. The number of halogens is 1. The first-order valence-corrected chi connectivity index (χ1v) is 9.01. The second kappa shape index (κ2) is 8.09. The summed E-state index contributed by atoms with van der Waals surface area (Å²) in [6.45, 7) is 2.08. The minimum atomic E-state index is -0.293. The van der Waals surface area contributed by atoms with Crippen LogP contribution >= 0.6 is 0 Å². The van der Waals surface area contributed by atoms with E-state index < -0.39 is 0 Å². The molecule has 0 aliphatic heterocycles. The number of hydrogen-bond donors (Lipinski definition) is 1. The van der Waals surface area contributed by atoms with Gasteiger partial charge in [0.15, 0.2) is 0 Å². The number of anilines is 1. The van der Waals surface area contributed by atoms with Crippen molar-refractivity contribution < 1.29 is 18.0 Å². The summed E-state index contributed by atoms with van der Waals surface area (Å²) in [7, 11) is 0. The van der Waals surface area contributed by atoms with E-state index in [2.05, 4.69) is 20.6 Å². The average Bonchev–Trinajstić information content (AvgIpc) is 3.43. The highest BCUT2D eigenvalue weighted by molar-refractivity contribution is 5.90. The van der Waals surface area contributed by atoms with Gasteiger partial charge in [-0.05, 0) is 19.1 Å². The maximum Gasteiger partial charge on any atom is 0.251 e. The lowest BCUT2D eigenvalue weighted by molar-refractivity contribution is -0.116. The van der Waals surface area contributed by atoms with Gasteiger partial charge < -0.3 is 14.2 Å². The number of furan rings is 1. The van der Waals surface area contributed by atoms with Crippen LogP contribution in [-0.2, 0) is 17.8 Å². The molecule has 0 aliphatic carbocycles. The first-order chi connectivity index (χ1) is 14.1. The molecule has 8 nitrogen and oxygen atoms in total. The number of rotatable bonds is 7. The molecule has 148 valence electrons. The third-order valence-corrected chi connectivity index (χ3v) is 4.33. The Kier molecular flexibility index (Phi) is 5.19. The Morgan fingerprint density at radius 3 is 2.90 bits per heavy atom. The summed E-state index contributed by atoms with van der Waals surface area (Å²) >= 11 is 0. The summed E-state index contributed by atoms with van der Waals surface area (Å²) in [6.07, 6.45) is 5.19. The fourth-order valence-corrected chi connectivity index (χ4v) is 2.83. The lowest BCUT2D eigenvalue weighted by atomic mass is 10.2. The molecule has 3 aromatic heterocycles. The topological polar surface area (TPSA) is 99.0 Å². The van der Waals surface area contributed by atoms with Crippen LogP contribution in [0.25, 0.3) is 11.5 Å². The first kappa shape index (κ1) is 18.6. The van der Waals surface area contributed by atoms with Crippen molar-refractivity contribution in [3.63, 3.8) is 0 Å². The molecule has 1 N–H and O–H groups in total. The molecule has 4 aromatic rings. The van der Waals surface area contributed by atoms with Gasteiger partial charge >= 0.3 is 0 Å². The monoisotopic (exact) mass is 395 g/mol. The van der Waals surface area contributed by atoms with Crippen LogP contribution in [0.15, 0.2) is 57.8 Å². The number of carbonyl (C=O) groups is 1. The number of aryl methyl sites for hydroxylation is 2. The lowest BCUT2D eigenvalue weighted by Crippen LogP contribution is -2.12. The van der Waals surface area contributed by atoms with Gasteiger partial charge in [-0.1, -0.05) is 18.2 Å². The summed E-state index contributed by atoms with van der Waals surface area (Å²) in [5, 5.41) is 14.8. The molecular weight excluding hydrogens is 377 g/mol. The van der Waals surface area contributed by atoms with Crippen LogP contribution < -0.4 is 5.32 Å². The molecule has 1 amide bonds. The molecule has 0 atom stereocenters. The summed E-state index contributed by atoms with van der Waals surface area (Å²) < 4.78 is 26.1. The van der Waals surface area contributed by atoms with Gasteiger partial charge in [-0.2, -0.15) is 5.10 Å². The van der Waals surface area contributed by atoms with Crippen molar-refractivity contribution in [3.05, 3.63) is 72.0 Å². The fraction of sp³-hybridized carbons (Fsp3) is 0.200. The van der Waals surface area contributed by atoms with Gasteiger partial charge in [-0.25, -0.2) is 4.39 Å². The molecule has 29 heavy (non-hydrogen) atoms. The minimum Gasteiger partial charge on any atom is -0.469 e. The van der Waals surface area contributed by atoms with Gasteiger partial charge in [0.05, 0.1) is 30.3 Å². The van der Waals surface area contributed by atoms with Crippen molar-refractivity contribution in [1.82, 2.24) is 20.0 Å². The van der Waals surface area contributed by atoms with Crippen LogP contribution in [0.3, 0.4) is 0 Å². The highest BCUT2D eigenvalue weighted by Gasteiger charge is 2.14. The van der Waals surface area contributed by atoms with Crippen molar-refractivity contribution in [2.24, 2.45) is 0 Å². The molecule has 0 bridgehead atoms. The number of nitrogens with zero attached hydrogens (tertiary/aromatic N) is 4. The average molecular weight is 395 g/mol. The summed E-state index contributed by atoms with van der Waals surface area (Å²) in [6, 6.07) is 8.24. The van der Waals surface area contributed by atoms with Gasteiger partial charge in [0.2, 0.25) is 11.8 Å². The molecule has 0 unspecified atom stereocenters. The number of benzene rings is 1. The zero-order chi connectivity index (χ0) is 20.2. The van der Waals surface area contributed by atoms with E-state index in [0.717, 1.165) is 5.56 Å². The molecule has 9 heteroatoms. The maximum absolute atomic E-state index is 13.7. The van der Waals surface area contributed by atoms with Gasteiger partial charge in [-0.15, -0.1) is 10.2 Å². The number of amides is 1. The van der Waals surface area contributed by atoms with Gasteiger partial charge in [-0.3, -0.25) is 9.48 Å². The molecule has 1 aromatic carbocycles. The van der Waals surface area contributed by atoms with E-state index >= 15 is 0 Å². The highest BCUT2D eigenvalue weighted by atomic mass is 19.1. The Balaban J connectivity index is 1.30. The molecule has 3 heterocycles. The normalized spacial score (nSPS) is 11.0. The fourth-order valence-electron chi connectivity index (χ4n) is 2.83. The molecule has 0 saturated heterocycles. The Morgan fingerprint density at radius 1 is 1.24 bits per heavy atom. The zero-order valence-electron chi connectivity index (χ0n) is 15.6. The Morgan fingerprint density at radius 2 is 2.10 bits per heavy atom. The molecule has 0 radical (unpaired) electrons. The van der Waals surface area contributed by atoms with Crippen LogP contribution in [0.2, 0.25) is 0 Å². The largest absolute Gasteiger partial charge is 0.469 e. The van der Waals surface area contributed by atoms with Crippen molar-refractivity contribution in [3.8, 4) is 11.5 Å². The molecule has 4 rings (SSSR count). The number of aromatic nitrogens is 4. The Hall–Kier alpha value is -3.75. The molecule has 0 spiro atoms. The highest BCUT2D eigenvalue weighted by Crippen LogP contribution is 2.23. The zero-order valence-corrected chi connectivity index (χ0v) is 15.6. The lowest BCUT2D eigenvalue weighted by Gasteiger charge is -2.03. The quantitative estimate of drug-likeness (QED) is 0.513. The first-order valence-electron chi connectivity index (χ1n) is 9.01. The minimum absolute atomic E-state index is 0.171. The van der Waals surface area contributed by atoms with E-state index in [4.69, 9.17) is 8.83 Å². The van der Waals surface area contributed by atoms with Crippen LogP contribution in [0.5, 0.6) is 0 Å². The summed E-state index contributed by atoms with van der Waals surface area (Å²) in [5.41, 5.74) is 1.79. The SMILES string of the molecule is Cc1occc1-c1nnc(CCC(=O)Nc2cnn(Cc3ccccc3F)c2)o1. The molecule has 0 aliphatic rings. The van der Waals surface area contributed by atoms with Crippen LogP contribution in [0.1, 0.15) is 23.6 Å². The third kappa shape index (κ3) is 4.40. The van der Waals surface area contributed by atoms with Gasteiger partial charge in [0, 0.05) is 24.6 Å². The van der Waals surface area contributed by atoms with Crippen molar-refractivity contribution in [2.75, 3.05) is 5.32 Å². The third-order valence-electron chi connectivity index (χ3n) is 4.33. The van der Waals surface area contributed by atoms with Crippen molar-refractivity contribution >= 4 is 11.6 Å². The summed E-state index contributed by atoms with van der Waals surface area (Å²) in [5.74, 6) is 0.908. The predicted molar refractivity (Wildman–Crippen MR) is 101 cm³/mol. The number of nitrogens with one attached hydrogen (secondary N) is 1. The van der Waals surface area contributed by atoms with Crippen molar-refractivity contribution in [1.29, 1.82) is 0 Å². The van der Waals surface area contributed by atoms with E-state index in [-0.39, 0.29) is 24.7 Å². The molecule has 0 fully saturated rings. The second-order valence-corrected chi connectivity index (χ2v) is 6.46.